The fraction of sp³-hybridized carbons (Fsp3) is 0.455. The minimum Gasteiger partial charge on any atom is -0.466 e. The Hall–Kier alpha value is -2.40. The molecule has 2 fully saturated rings. The number of rotatable bonds is 7. The van der Waals surface area contributed by atoms with Crippen molar-refractivity contribution in [1.29, 1.82) is 0 Å². The second-order valence-corrected chi connectivity index (χ2v) is 7.38. The number of benzene rings is 1. The number of fused-ring (bicyclic) bond motifs is 1. The summed E-state index contributed by atoms with van der Waals surface area (Å²) in [5, 5.41) is 0. The first-order chi connectivity index (χ1) is 13.1. The van der Waals surface area contributed by atoms with Gasteiger partial charge < -0.3 is 14.4 Å². The Morgan fingerprint density at radius 2 is 2.15 bits per heavy atom. The lowest BCUT2D eigenvalue weighted by molar-refractivity contribution is -0.153. The lowest BCUT2D eigenvalue weighted by atomic mass is 9.74. The number of allylic oxidation sites excluding steroid dienone is 1. The predicted molar refractivity (Wildman–Crippen MR) is 101 cm³/mol. The molecule has 0 saturated carbocycles. The number of carbonyl (C=O) groups is 2. The second kappa shape index (κ2) is 6.97. The quantitative estimate of drug-likeness (QED) is 0.549. The minimum atomic E-state index is -0.739. The van der Waals surface area contributed by atoms with Crippen LogP contribution in [0.2, 0.25) is 0 Å². The van der Waals surface area contributed by atoms with Gasteiger partial charge in [-0.3, -0.25) is 9.59 Å². The average molecular weight is 367 g/mol. The molecule has 5 nitrogen and oxygen atoms in total. The van der Waals surface area contributed by atoms with Crippen molar-refractivity contribution >= 4 is 11.9 Å². The van der Waals surface area contributed by atoms with E-state index in [1.807, 2.05) is 53.5 Å². The molecule has 3 heterocycles. The van der Waals surface area contributed by atoms with Gasteiger partial charge in [-0.1, -0.05) is 48.6 Å². The van der Waals surface area contributed by atoms with Crippen LogP contribution in [0, 0.1) is 11.8 Å². The maximum absolute atomic E-state index is 13.4. The van der Waals surface area contributed by atoms with Crippen LogP contribution in [0.5, 0.6) is 0 Å². The van der Waals surface area contributed by atoms with Gasteiger partial charge in [-0.05, 0) is 25.3 Å². The highest BCUT2D eigenvalue weighted by Crippen LogP contribution is 2.56. The van der Waals surface area contributed by atoms with Crippen LogP contribution in [-0.2, 0) is 25.6 Å². The van der Waals surface area contributed by atoms with Gasteiger partial charge in [0.25, 0.3) is 0 Å². The molecule has 0 N–H and O–H groups in total. The van der Waals surface area contributed by atoms with E-state index in [9.17, 15) is 9.59 Å². The van der Waals surface area contributed by atoms with Gasteiger partial charge in [0, 0.05) is 6.54 Å². The number of ether oxygens (including phenoxy) is 2. The van der Waals surface area contributed by atoms with Crippen LogP contribution >= 0.6 is 0 Å². The van der Waals surface area contributed by atoms with Crippen molar-refractivity contribution in [1.82, 2.24) is 4.90 Å². The van der Waals surface area contributed by atoms with Crippen molar-refractivity contribution in [3.05, 3.63) is 60.7 Å². The number of esters is 1. The van der Waals surface area contributed by atoms with E-state index in [2.05, 4.69) is 6.58 Å². The van der Waals surface area contributed by atoms with E-state index in [0.717, 1.165) is 18.4 Å². The Bertz CT molecular complexity index is 774. The zero-order chi connectivity index (χ0) is 19.0. The summed E-state index contributed by atoms with van der Waals surface area (Å²) >= 11 is 0. The molecule has 1 aromatic rings. The SMILES string of the molecule is C=CCC[C@@H]1N(Cc2ccccc2)C(=O)[C@@H]2[C@H](C(=O)OCC)[C@H]3C=C[C@]21O3. The first-order valence-electron chi connectivity index (χ1n) is 9.61. The van der Waals surface area contributed by atoms with Crippen molar-refractivity contribution < 1.29 is 19.1 Å². The summed E-state index contributed by atoms with van der Waals surface area (Å²) in [6.07, 6.45) is 6.97. The summed E-state index contributed by atoms with van der Waals surface area (Å²) in [6, 6.07) is 9.81. The normalized spacial score (nSPS) is 33.4. The molecule has 142 valence electrons. The summed E-state index contributed by atoms with van der Waals surface area (Å²) in [5.41, 5.74) is 0.328. The van der Waals surface area contributed by atoms with Crippen molar-refractivity contribution in [3.63, 3.8) is 0 Å². The van der Waals surface area contributed by atoms with Crippen LogP contribution < -0.4 is 0 Å². The molecular formula is C22H25NO4. The molecule has 5 heteroatoms. The molecule has 0 radical (unpaired) electrons. The third-order valence-electron chi connectivity index (χ3n) is 5.93. The van der Waals surface area contributed by atoms with Gasteiger partial charge in [-0.15, -0.1) is 6.58 Å². The van der Waals surface area contributed by atoms with E-state index >= 15 is 0 Å². The fourth-order valence-corrected chi connectivity index (χ4v) is 4.85. The summed E-state index contributed by atoms with van der Waals surface area (Å²) in [5.74, 6) is -1.42. The smallest absolute Gasteiger partial charge is 0.312 e. The van der Waals surface area contributed by atoms with E-state index in [1.54, 1.807) is 6.92 Å². The highest BCUT2D eigenvalue weighted by Gasteiger charge is 2.71. The van der Waals surface area contributed by atoms with E-state index in [0.29, 0.717) is 13.2 Å². The number of nitrogens with zero attached hydrogens (tertiary/aromatic N) is 1. The molecule has 2 saturated heterocycles. The zero-order valence-corrected chi connectivity index (χ0v) is 15.5. The number of hydrogen-bond acceptors (Lipinski definition) is 4. The molecule has 0 aromatic heterocycles. The van der Waals surface area contributed by atoms with Crippen molar-refractivity contribution in [3.8, 4) is 0 Å². The molecule has 5 atom stereocenters. The summed E-state index contributed by atoms with van der Waals surface area (Å²) in [4.78, 5) is 27.9. The van der Waals surface area contributed by atoms with Gasteiger partial charge in [0.1, 0.15) is 11.5 Å². The average Bonchev–Trinajstić information content (AvgIpc) is 3.30. The van der Waals surface area contributed by atoms with Gasteiger partial charge in [0.2, 0.25) is 5.91 Å². The molecule has 1 spiro atoms. The second-order valence-electron chi connectivity index (χ2n) is 7.38. The Morgan fingerprint density at radius 3 is 2.85 bits per heavy atom. The molecule has 0 unspecified atom stereocenters. The summed E-state index contributed by atoms with van der Waals surface area (Å²) < 4.78 is 11.6. The Balaban J connectivity index is 1.69. The Kier molecular flexibility index (Phi) is 4.64. The number of amides is 1. The third-order valence-corrected chi connectivity index (χ3v) is 5.93. The van der Waals surface area contributed by atoms with E-state index in [1.165, 1.54) is 0 Å². The van der Waals surface area contributed by atoms with Gasteiger partial charge in [0.05, 0.1) is 24.7 Å². The van der Waals surface area contributed by atoms with Crippen LogP contribution in [0.4, 0.5) is 0 Å². The largest absolute Gasteiger partial charge is 0.466 e. The maximum Gasteiger partial charge on any atom is 0.312 e. The molecule has 3 aliphatic heterocycles. The number of carbonyl (C=O) groups excluding carboxylic acids is 2. The summed E-state index contributed by atoms with van der Waals surface area (Å²) in [6.45, 7) is 6.42. The van der Waals surface area contributed by atoms with Crippen LogP contribution in [-0.4, -0.2) is 41.1 Å². The highest BCUT2D eigenvalue weighted by atomic mass is 16.6. The number of likely N-dealkylation sites (tertiary alicyclic amines) is 1. The lowest BCUT2D eigenvalue weighted by Gasteiger charge is -2.33. The molecule has 3 aliphatic rings. The third kappa shape index (κ3) is 2.72. The Labute approximate surface area is 159 Å². The number of hydrogen-bond donors (Lipinski definition) is 0. The highest BCUT2D eigenvalue weighted by molar-refractivity contribution is 5.91. The fourth-order valence-electron chi connectivity index (χ4n) is 4.85. The van der Waals surface area contributed by atoms with Crippen molar-refractivity contribution in [2.24, 2.45) is 11.8 Å². The molecular weight excluding hydrogens is 342 g/mol. The molecule has 27 heavy (non-hydrogen) atoms. The lowest BCUT2D eigenvalue weighted by Crippen LogP contribution is -2.45. The zero-order valence-electron chi connectivity index (χ0n) is 15.5. The van der Waals surface area contributed by atoms with Crippen molar-refractivity contribution in [2.75, 3.05) is 6.61 Å². The van der Waals surface area contributed by atoms with Gasteiger partial charge >= 0.3 is 5.97 Å². The van der Waals surface area contributed by atoms with Crippen LogP contribution in [0.1, 0.15) is 25.3 Å². The molecule has 1 aromatic carbocycles. The van der Waals surface area contributed by atoms with E-state index < -0.39 is 17.4 Å². The maximum atomic E-state index is 13.4. The van der Waals surface area contributed by atoms with Gasteiger partial charge in [-0.2, -0.15) is 0 Å². The predicted octanol–water partition coefficient (Wildman–Crippen LogP) is 2.87. The van der Waals surface area contributed by atoms with Gasteiger partial charge in [-0.25, -0.2) is 0 Å². The first-order valence-corrected chi connectivity index (χ1v) is 9.61. The molecule has 0 aliphatic carbocycles. The first kappa shape index (κ1) is 18.0. The van der Waals surface area contributed by atoms with Gasteiger partial charge in [0.15, 0.2) is 0 Å². The van der Waals surface area contributed by atoms with Crippen LogP contribution in [0.25, 0.3) is 0 Å². The van der Waals surface area contributed by atoms with Crippen molar-refractivity contribution in [2.45, 2.75) is 44.1 Å². The molecule has 1 amide bonds. The van der Waals surface area contributed by atoms with E-state index in [4.69, 9.17) is 9.47 Å². The minimum absolute atomic E-state index is 0.0159. The van der Waals surface area contributed by atoms with E-state index in [-0.39, 0.29) is 24.0 Å². The topological polar surface area (TPSA) is 55.8 Å². The molecule has 2 bridgehead atoms. The Morgan fingerprint density at radius 1 is 1.37 bits per heavy atom. The van der Waals surface area contributed by atoms with Crippen LogP contribution in [0.15, 0.2) is 55.1 Å². The standard InChI is InChI=1S/C22H25NO4/c1-3-5-11-17-22-13-12-16(27-22)18(21(25)26-4-2)19(22)20(24)23(17)14-15-9-7-6-8-10-15/h3,6-10,12-13,16-19H,1,4-5,11,14H2,2H3/t16-,17+,18-,19+,22-/m1/s1. The van der Waals surface area contributed by atoms with Crippen LogP contribution in [0.3, 0.4) is 0 Å². The molecule has 4 rings (SSSR count). The monoisotopic (exact) mass is 367 g/mol. The summed E-state index contributed by atoms with van der Waals surface area (Å²) in [7, 11) is 0.